The van der Waals surface area contributed by atoms with Gasteiger partial charge in [0, 0.05) is 5.56 Å². The molecule has 0 unspecified atom stereocenters. The molecule has 1 aliphatic heterocycles. The van der Waals surface area contributed by atoms with E-state index in [1.54, 1.807) is 66.7 Å². The van der Waals surface area contributed by atoms with Gasteiger partial charge in [-0.25, -0.2) is 4.79 Å². The van der Waals surface area contributed by atoms with Gasteiger partial charge in [-0.05, 0) is 29.8 Å². The number of nitrogens with zero attached hydrogens (tertiary/aromatic N) is 1. The lowest BCUT2D eigenvalue weighted by Crippen LogP contribution is -2.29. The van der Waals surface area contributed by atoms with Crippen LogP contribution in [0.5, 0.6) is 0 Å². The molecule has 156 valence electrons. The van der Waals surface area contributed by atoms with Gasteiger partial charge in [0.05, 0.1) is 37.1 Å². The Bertz CT molecular complexity index is 1150. The number of methoxy groups -OCH3 is 1. The molecule has 1 aliphatic rings. The molecule has 0 bridgehead atoms. The molecular formula is C24H19NO6. The number of furan rings is 1. The first kappa shape index (κ1) is 20.2. The van der Waals surface area contributed by atoms with Gasteiger partial charge in [0.2, 0.25) is 0 Å². The van der Waals surface area contributed by atoms with Gasteiger partial charge in [-0.2, -0.15) is 0 Å². The number of ether oxygens (including phenoxy) is 1. The number of aliphatic hydroxyl groups excluding tert-OH is 1. The zero-order chi connectivity index (χ0) is 22.0. The van der Waals surface area contributed by atoms with Crippen molar-refractivity contribution in [3.05, 3.63) is 101 Å². The average Bonchev–Trinajstić information content (AvgIpc) is 3.41. The number of likely N-dealkylation sites (tertiary alicyclic amines) is 1. The van der Waals surface area contributed by atoms with E-state index in [-0.39, 0.29) is 17.9 Å². The average molecular weight is 417 g/mol. The van der Waals surface area contributed by atoms with E-state index >= 15 is 0 Å². The third kappa shape index (κ3) is 3.73. The highest BCUT2D eigenvalue weighted by Crippen LogP contribution is 2.40. The van der Waals surface area contributed by atoms with E-state index in [4.69, 9.17) is 9.15 Å². The number of carbonyl (C=O) groups is 3. The van der Waals surface area contributed by atoms with Crippen LogP contribution in [0.1, 0.15) is 33.3 Å². The number of esters is 1. The molecule has 7 nitrogen and oxygen atoms in total. The van der Waals surface area contributed by atoms with Crippen molar-refractivity contribution in [3.8, 4) is 0 Å². The summed E-state index contributed by atoms with van der Waals surface area (Å²) in [5.74, 6) is -1.79. The monoisotopic (exact) mass is 417 g/mol. The maximum absolute atomic E-state index is 13.0. The minimum atomic E-state index is -0.850. The Morgan fingerprint density at radius 2 is 1.71 bits per heavy atom. The molecular weight excluding hydrogens is 398 g/mol. The van der Waals surface area contributed by atoms with Crippen LogP contribution >= 0.6 is 0 Å². The normalized spacial score (nSPS) is 17.7. The van der Waals surface area contributed by atoms with Crippen LogP contribution in [0.2, 0.25) is 0 Å². The topological polar surface area (TPSA) is 97.0 Å². The molecule has 3 aromatic rings. The molecule has 31 heavy (non-hydrogen) atoms. The van der Waals surface area contributed by atoms with Crippen molar-refractivity contribution in [2.75, 3.05) is 7.11 Å². The first-order valence-corrected chi connectivity index (χ1v) is 9.55. The van der Waals surface area contributed by atoms with Gasteiger partial charge in [-0.15, -0.1) is 0 Å². The van der Waals surface area contributed by atoms with Gasteiger partial charge >= 0.3 is 5.97 Å². The van der Waals surface area contributed by atoms with E-state index in [1.807, 2.05) is 0 Å². The molecule has 1 N–H and O–H groups in total. The van der Waals surface area contributed by atoms with Crippen LogP contribution in [0.15, 0.2) is 83.0 Å². The van der Waals surface area contributed by atoms with E-state index in [1.165, 1.54) is 18.3 Å². The summed E-state index contributed by atoms with van der Waals surface area (Å²) in [5, 5.41) is 10.9. The Morgan fingerprint density at radius 1 is 1.00 bits per heavy atom. The van der Waals surface area contributed by atoms with Crippen LogP contribution < -0.4 is 0 Å². The number of Topliss-reactive ketones (excluding diaryl/α,β-unsaturated/α-hetero) is 1. The fourth-order valence-electron chi connectivity index (χ4n) is 3.63. The summed E-state index contributed by atoms with van der Waals surface area (Å²) < 4.78 is 10.1. The van der Waals surface area contributed by atoms with Gasteiger partial charge in [0.25, 0.3) is 11.7 Å². The quantitative estimate of drug-likeness (QED) is 0.294. The third-order valence-corrected chi connectivity index (χ3v) is 5.14. The summed E-state index contributed by atoms with van der Waals surface area (Å²) in [6, 6.07) is 17.5. The Labute approximate surface area is 178 Å². The molecule has 1 atom stereocenters. The van der Waals surface area contributed by atoms with Gasteiger partial charge in [0.1, 0.15) is 11.5 Å². The van der Waals surface area contributed by atoms with Crippen LogP contribution in [-0.4, -0.2) is 34.8 Å². The molecule has 4 rings (SSSR count). The molecule has 2 heterocycles. The second-order valence-corrected chi connectivity index (χ2v) is 6.99. The van der Waals surface area contributed by atoms with Crippen molar-refractivity contribution in [1.29, 1.82) is 0 Å². The summed E-state index contributed by atoms with van der Waals surface area (Å²) in [6.45, 7) is 0.0482. The predicted octanol–water partition coefficient (Wildman–Crippen LogP) is 3.69. The number of rotatable bonds is 5. The van der Waals surface area contributed by atoms with Crippen molar-refractivity contribution in [3.63, 3.8) is 0 Å². The number of ketones is 1. The Balaban J connectivity index is 1.84. The first-order valence-electron chi connectivity index (χ1n) is 9.55. The highest BCUT2D eigenvalue weighted by molar-refractivity contribution is 6.46. The standard InChI is InChI=1S/C24H19NO6/c1-30-24(29)17-11-9-15(10-12-17)20-19(21(26)16-6-3-2-4-7-16)22(27)23(28)25(20)14-18-8-5-13-31-18/h2-13,20,26H,14H2,1H3/t20-/m0/s1. The summed E-state index contributed by atoms with van der Waals surface area (Å²) >= 11 is 0. The van der Waals surface area contributed by atoms with E-state index in [9.17, 15) is 19.5 Å². The fourth-order valence-corrected chi connectivity index (χ4v) is 3.63. The van der Waals surface area contributed by atoms with Gasteiger partial charge in [0.15, 0.2) is 0 Å². The Morgan fingerprint density at radius 3 is 2.32 bits per heavy atom. The van der Waals surface area contributed by atoms with E-state index in [0.717, 1.165) is 0 Å². The lowest BCUT2D eigenvalue weighted by atomic mass is 9.94. The number of carbonyl (C=O) groups excluding carboxylic acids is 3. The number of hydrogen-bond acceptors (Lipinski definition) is 6. The summed E-state index contributed by atoms with van der Waals surface area (Å²) in [5.41, 5.74) is 1.30. The Hall–Kier alpha value is -4.13. The largest absolute Gasteiger partial charge is 0.507 e. The molecule has 0 aliphatic carbocycles. The van der Waals surface area contributed by atoms with E-state index < -0.39 is 23.7 Å². The van der Waals surface area contributed by atoms with Gasteiger partial charge < -0.3 is 19.2 Å². The predicted molar refractivity (Wildman–Crippen MR) is 111 cm³/mol. The maximum atomic E-state index is 13.0. The summed E-state index contributed by atoms with van der Waals surface area (Å²) in [4.78, 5) is 39.0. The number of aliphatic hydroxyl groups is 1. The minimum Gasteiger partial charge on any atom is -0.507 e. The molecule has 0 spiro atoms. The molecule has 0 radical (unpaired) electrons. The highest BCUT2D eigenvalue weighted by Gasteiger charge is 2.46. The molecule has 2 aromatic carbocycles. The van der Waals surface area contributed by atoms with Crippen molar-refractivity contribution >= 4 is 23.4 Å². The van der Waals surface area contributed by atoms with Gasteiger partial charge in [-0.3, -0.25) is 9.59 Å². The lowest BCUT2D eigenvalue weighted by molar-refractivity contribution is -0.140. The molecule has 1 amide bonds. The minimum absolute atomic E-state index is 0.0198. The molecule has 0 saturated carbocycles. The fraction of sp³-hybridized carbons (Fsp3) is 0.125. The van der Waals surface area contributed by atoms with Crippen LogP contribution in [0.3, 0.4) is 0 Å². The van der Waals surface area contributed by atoms with Crippen LogP contribution in [0.25, 0.3) is 5.76 Å². The second kappa shape index (κ2) is 8.31. The number of hydrogen-bond donors (Lipinski definition) is 1. The van der Waals surface area contributed by atoms with Crippen molar-refractivity contribution in [2.45, 2.75) is 12.6 Å². The molecule has 1 aromatic heterocycles. The van der Waals surface area contributed by atoms with E-state index in [2.05, 4.69) is 0 Å². The van der Waals surface area contributed by atoms with Crippen LogP contribution in [0.4, 0.5) is 0 Å². The van der Waals surface area contributed by atoms with Crippen molar-refractivity contribution in [1.82, 2.24) is 4.90 Å². The summed E-state index contributed by atoms with van der Waals surface area (Å²) in [6.07, 6.45) is 1.48. The number of benzene rings is 2. The van der Waals surface area contributed by atoms with Crippen molar-refractivity contribution < 1.29 is 28.6 Å². The second-order valence-electron chi connectivity index (χ2n) is 6.99. The SMILES string of the molecule is COC(=O)c1ccc([C@H]2C(=C(O)c3ccccc3)C(=O)C(=O)N2Cc2ccco2)cc1. The maximum Gasteiger partial charge on any atom is 0.337 e. The molecule has 1 saturated heterocycles. The Kier molecular flexibility index (Phi) is 5.41. The third-order valence-electron chi connectivity index (χ3n) is 5.14. The first-order chi connectivity index (χ1) is 15.0. The summed E-state index contributed by atoms with van der Waals surface area (Å²) in [7, 11) is 1.29. The highest BCUT2D eigenvalue weighted by atomic mass is 16.5. The smallest absolute Gasteiger partial charge is 0.337 e. The van der Waals surface area contributed by atoms with Gasteiger partial charge in [-0.1, -0.05) is 42.5 Å². The molecule has 7 heteroatoms. The zero-order valence-corrected chi connectivity index (χ0v) is 16.6. The van der Waals surface area contributed by atoms with Crippen LogP contribution in [-0.2, 0) is 20.9 Å². The van der Waals surface area contributed by atoms with Crippen molar-refractivity contribution in [2.24, 2.45) is 0 Å². The van der Waals surface area contributed by atoms with E-state index in [0.29, 0.717) is 22.5 Å². The zero-order valence-electron chi connectivity index (χ0n) is 16.6. The molecule has 1 fully saturated rings. The van der Waals surface area contributed by atoms with Crippen LogP contribution in [0, 0.1) is 0 Å². The number of amides is 1. The lowest BCUT2D eigenvalue weighted by Gasteiger charge is -2.24.